The summed E-state index contributed by atoms with van der Waals surface area (Å²) in [6.07, 6.45) is 1.12. The van der Waals surface area contributed by atoms with E-state index in [1.807, 2.05) is 16.0 Å². The molecule has 1 aliphatic heterocycles. The van der Waals surface area contributed by atoms with E-state index in [0.29, 0.717) is 43.8 Å². The van der Waals surface area contributed by atoms with E-state index in [0.717, 1.165) is 26.8 Å². The van der Waals surface area contributed by atoms with E-state index in [9.17, 15) is 18.4 Å². The highest BCUT2D eigenvalue weighted by atomic mass is 79.9. The van der Waals surface area contributed by atoms with Crippen LogP contribution in [-0.4, -0.2) is 41.0 Å². The lowest BCUT2D eigenvalue weighted by molar-refractivity contribution is -0.149. The minimum absolute atomic E-state index is 0.139. The number of rotatable bonds is 5. The molecule has 4 rings (SSSR count). The molecule has 0 N–H and O–H groups in total. The predicted molar refractivity (Wildman–Crippen MR) is 118 cm³/mol. The van der Waals surface area contributed by atoms with Crippen molar-refractivity contribution in [2.24, 2.45) is 5.92 Å². The number of esters is 1. The predicted octanol–water partition coefficient (Wildman–Crippen LogP) is 5.21. The Morgan fingerprint density at radius 1 is 1.19 bits per heavy atom. The Balaban J connectivity index is 1.60. The van der Waals surface area contributed by atoms with Crippen LogP contribution in [0.3, 0.4) is 0 Å². The zero-order valence-electron chi connectivity index (χ0n) is 16.9. The number of fused-ring (bicyclic) bond motifs is 1. The Morgan fingerprint density at radius 2 is 1.94 bits per heavy atom. The first-order chi connectivity index (χ1) is 14.9. The molecule has 1 amide bonds. The van der Waals surface area contributed by atoms with Crippen LogP contribution >= 0.6 is 27.3 Å². The fraction of sp³-hybridized carbons (Fsp3) is 0.364. The number of aromatic nitrogens is 1. The number of carbonyl (C=O) groups is 2. The lowest BCUT2D eigenvalue weighted by Crippen LogP contribution is -2.41. The molecule has 31 heavy (non-hydrogen) atoms. The Bertz CT molecular complexity index is 1140. The molecule has 3 heterocycles. The van der Waals surface area contributed by atoms with Crippen LogP contribution in [0.4, 0.5) is 8.78 Å². The molecule has 164 valence electrons. The summed E-state index contributed by atoms with van der Waals surface area (Å²) in [5.41, 5.74) is 1.89. The zero-order valence-corrected chi connectivity index (χ0v) is 19.3. The number of ether oxygens (including phenoxy) is 1. The van der Waals surface area contributed by atoms with Gasteiger partial charge in [-0.1, -0.05) is 6.07 Å². The third kappa shape index (κ3) is 4.39. The van der Waals surface area contributed by atoms with E-state index in [4.69, 9.17) is 4.74 Å². The monoisotopic (exact) mass is 510 g/mol. The van der Waals surface area contributed by atoms with Crippen LogP contribution in [-0.2, 0) is 16.1 Å². The Morgan fingerprint density at radius 3 is 2.61 bits per heavy atom. The van der Waals surface area contributed by atoms with E-state index >= 15 is 0 Å². The van der Waals surface area contributed by atoms with Crippen molar-refractivity contribution < 1.29 is 23.1 Å². The summed E-state index contributed by atoms with van der Waals surface area (Å²) in [4.78, 5) is 27.1. The average Bonchev–Trinajstić information content (AvgIpc) is 3.30. The maximum atomic E-state index is 13.7. The highest BCUT2D eigenvalue weighted by Gasteiger charge is 2.30. The van der Waals surface area contributed by atoms with E-state index in [-0.39, 0.29) is 24.3 Å². The minimum atomic E-state index is -0.917. The fourth-order valence-electron chi connectivity index (χ4n) is 3.93. The normalized spacial score (nSPS) is 14.9. The summed E-state index contributed by atoms with van der Waals surface area (Å²) in [5.74, 6) is -2.35. The molecule has 0 spiro atoms. The van der Waals surface area contributed by atoms with Gasteiger partial charge in [-0.2, -0.15) is 0 Å². The largest absolute Gasteiger partial charge is 0.466 e. The summed E-state index contributed by atoms with van der Waals surface area (Å²) in [6.45, 7) is 3.29. The Hall–Kier alpha value is -2.26. The number of nitrogens with zero attached hydrogens (tertiary/aromatic N) is 2. The fourth-order valence-corrected chi connectivity index (χ4v) is 5.63. The van der Waals surface area contributed by atoms with Gasteiger partial charge in [0.05, 0.1) is 27.2 Å². The molecule has 1 aromatic carbocycles. The first-order valence-electron chi connectivity index (χ1n) is 10.0. The Kier molecular flexibility index (Phi) is 6.43. The van der Waals surface area contributed by atoms with Crippen molar-refractivity contribution in [3.8, 4) is 0 Å². The molecule has 0 bridgehead atoms. The van der Waals surface area contributed by atoms with Gasteiger partial charge in [0, 0.05) is 25.0 Å². The molecule has 1 saturated heterocycles. The van der Waals surface area contributed by atoms with Crippen molar-refractivity contribution in [2.45, 2.75) is 26.3 Å². The number of likely N-dealkylation sites (tertiary alicyclic amines) is 1. The smallest absolute Gasteiger partial charge is 0.309 e. The van der Waals surface area contributed by atoms with Gasteiger partial charge in [0.1, 0.15) is 5.69 Å². The second kappa shape index (κ2) is 9.08. The van der Waals surface area contributed by atoms with Crippen LogP contribution in [0.1, 0.15) is 35.8 Å². The van der Waals surface area contributed by atoms with E-state index < -0.39 is 11.6 Å². The quantitative estimate of drug-likeness (QED) is 0.443. The lowest BCUT2D eigenvalue weighted by Gasteiger charge is -2.31. The van der Waals surface area contributed by atoms with Gasteiger partial charge >= 0.3 is 5.97 Å². The summed E-state index contributed by atoms with van der Waals surface area (Å²) >= 11 is 5.04. The summed E-state index contributed by atoms with van der Waals surface area (Å²) in [7, 11) is 0. The number of hydrogen-bond donors (Lipinski definition) is 0. The van der Waals surface area contributed by atoms with Crippen molar-refractivity contribution in [2.75, 3.05) is 19.7 Å². The van der Waals surface area contributed by atoms with E-state index in [1.54, 1.807) is 11.8 Å². The van der Waals surface area contributed by atoms with E-state index in [1.165, 1.54) is 17.4 Å². The molecule has 9 heteroatoms. The minimum Gasteiger partial charge on any atom is -0.466 e. The van der Waals surface area contributed by atoms with Crippen molar-refractivity contribution in [3.63, 3.8) is 0 Å². The molecule has 3 aromatic rings. The summed E-state index contributed by atoms with van der Waals surface area (Å²) in [5, 5.41) is 1.94. The molecule has 2 aromatic heterocycles. The standard InChI is InChI=1S/C22H21BrF2N2O3S/c1-2-30-22(29)14-5-7-26(8-6-14)21(28)18-10-19-20(15(23)12-31-19)27(18)11-13-3-4-16(24)17(25)9-13/h3-4,9-10,12,14H,2,5-8,11H2,1H3. The van der Waals surface area contributed by atoms with Crippen molar-refractivity contribution in [3.05, 3.63) is 57.0 Å². The number of thiophene rings is 1. The molecule has 0 saturated carbocycles. The molecule has 0 radical (unpaired) electrons. The summed E-state index contributed by atoms with van der Waals surface area (Å²) < 4.78 is 35.8. The van der Waals surface area contributed by atoms with Crippen LogP contribution in [0.15, 0.2) is 34.1 Å². The molecular formula is C22H21BrF2N2O3S. The Labute approximate surface area is 190 Å². The zero-order chi connectivity index (χ0) is 22.1. The lowest BCUT2D eigenvalue weighted by atomic mass is 9.97. The van der Waals surface area contributed by atoms with Crippen LogP contribution in [0.5, 0.6) is 0 Å². The van der Waals surface area contributed by atoms with Crippen molar-refractivity contribution in [1.82, 2.24) is 9.47 Å². The number of benzene rings is 1. The van der Waals surface area contributed by atoms with E-state index in [2.05, 4.69) is 15.9 Å². The molecule has 0 unspecified atom stereocenters. The highest BCUT2D eigenvalue weighted by Crippen LogP contribution is 2.34. The van der Waals surface area contributed by atoms with Gasteiger partial charge in [-0.25, -0.2) is 8.78 Å². The van der Waals surface area contributed by atoms with Crippen molar-refractivity contribution in [1.29, 1.82) is 0 Å². The van der Waals surface area contributed by atoms with Gasteiger partial charge in [0.15, 0.2) is 11.6 Å². The number of halogens is 3. The van der Waals surface area contributed by atoms with Gasteiger partial charge < -0.3 is 14.2 Å². The molecule has 1 aliphatic rings. The second-order valence-electron chi connectivity index (χ2n) is 7.48. The van der Waals surface area contributed by atoms with Crippen LogP contribution < -0.4 is 0 Å². The SMILES string of the molecule is CCOC(=O)C1CCN(C(=O)c2cc3scc(Br)c3n2Cc2ccc(F)c(F)c2)CC1. The van der Waals surface area contributed by atoms with Gasteiger partial charge in [0.2, 0.25) is 0 Å². The number of hydrogen-bond acceptors (Lipinski definition) is 4. The average molecular weight is 511 g/mol. The van der Waals surface area contributed by atoms with Crippen molar-refractivity contribution >= 4 is 49.4 Å². The third-order valence-corrected chi connectivity index (χ3v) is 7.35. The van der Waals surface area contributed by atoms with Gasteiger partial charge in [-0.15, -0.1) is 11.3 Å². The first-order valence-corrected chi connectivity index (χ1v) is 11.7. The molecule has 0 aliphatic carbocycles. The number of amides is 1. The topological polar surface area (TPSA) is 51.5 Å². The maximum absolute atomic E-state index is 13.7. The molecule has 5 nitrogen and oxygen atoms in total. The highest BCUT2D eigenvalue weighted by molar-refractivity contribution is 9.10. The van der Waals surface area contributed by atoms with Gasteiger partial charge in [-0.3, -0.25) is 9.59 Å². The maximum Gasteiger partial charge on any atom is 0.309 e. The number of piperidine rings is 1. The molecule has 0 atom stereocenters. The molecule has 1 fully saturated rings. The second-order valence-corrected chi connectivity index (χ2v) is 9.24. The van der Waals surface area contributed by atoms with Gasteiger partial charge in [0.25, 0.3) is 5.91 Å². The molecular weight excluding hydrogens is 490 g/mol. The van der Waals surface area contributed by atoms with Crippen LogP contribution in [0, 0.1) is 17.6 Å². The third-order valence-electron chi connectivity index (χ3n) is 5.52. The summed E-state index contributed by atoms with van der Waals surface area (Å²) in [6, 6.07) is 5.60. The number of carbonyl (C=O) groups excluding carboxylic acids is 2. The van der Waals surface area contributed by atoms with Crippen LogP contribution in [0.25, 0.3) is 10.2 Å². The first kappa shape index (κ1) is 22.0. The van der Waals surface area contributed by atoms with Gasteiger partial charge in [-0.05, 0) is 59.5 Å². The van der Waals surface area contributed by atoms with Crippen LogP contribution in [0.2, 0.25) is 0 Å².